The highest BCUT2D eigenvalue weighted by Gasteiger charge is 2.32. The number of rotatable bonds is 3. The molecule has 140 valence electrons. The molecule has 0 aliphatic carbocycles. The number of nitrogens with one attached hydrogen (secondary N) is 1. The lowest BCUT2D eigenvalue weighted by atomic mass is 10.00. The average molecular weight is 373 g/mol. The van der Waals surface area contributed by atoms with Gasteiger partial charge in [0.15, 0.2) is 0 Å². The van der Waals surface area contributed by atoms with Gasteiger partial charge in [-0.3, -0.25) is 4.98 Å². The SMILES string of the molecule is FC(F)(F)c1cc(-c2ccc3[nH]c(/C=C/C4CCOCC4)nc3c2)ccn1. The molecule has 1 aromatic carbocycles. The van der Waals surface area contributed by atoms with Crippen LogP contribution in [0, 0.1) is 5.92 Å². The Kier molecular flexibility index (Phi) is 4.70. The Morgan fingerprint density at radius 2 is 1.85 bits per heavy atom. The molecule has 0 radical (unpaired) electrons. The predicted octanol–water partition coefficient (Wildman–Crippen LogP) is 5.08. The van der Waals surface area contributed by atoms with Gasteiger partial charge in [0.2, 0.25) is 0 Å². The molecular weight excluding hydrogens is 355 g/mol. The van der Waals surface area contributed by atoms with E-state index in [1.807, 2.05) is 12.1 Å². The van der Waals surface area contributed by atoms with Gasteiger partial charge in [-0.25, -0.2) is 4.98 Å². The van der Waals surface area contributed by atoms with Crippen LogP contribution in [0.4, 0.5) is 13.2 Å². The Labute approximate surface area is 154 Å². The summed E-state index contributed by atoms with van der Waals surface area (Å²) in [5, 5.41) is 0. The van der Waals surface area contributed by atoms with Gasteiger partial charge in [-0.1, -0.05) is 12.1 Å². The Morgan fingerprint density at radius 1 is 1.07 bits per heavy atom. The van der Waals surface area contributed by atoms with Crippen molar-refractivity contribution >= 4 is 17.1 Å². The molecule has 7 heteroatoms. The van der Waals surface area contributed by atoms with Crippen LogP contribution in [0.2, 0.25) is 0 Å². The Balaban J connectivity index is 1.60. The van der Waals surface area contributed by atoms with Crippen LogP contribution in [0.25, 0.3) is 28.2 Å². The monoisotopic (exact) mass is 373 g/mol. The summed E-state index contributed by atoms with van der Waals surface area (Å²) in [5.41, 5.74) is 1.78. The first-order valence-corrected chi connectivity index (χ1v) is 8.78. The molecule has 1 aliphatic heterocycles. The largest absolute Gasteiger partial charge is 0.433 e. The second-order valence-electron chi connectivity index (χ2n) is 6.59. The number of imidazole rings is 1. The number of ether oxygens (including phenoxy) is 1. The summed E-state index contributed by atoms with van der Waals surface area (Å²) >= 11 is 0. The number of allylic oxidation sites excluding steroid dienone is 1. The average Bonchev–Trinajstić information content (AvgIpc) is 3.09. The summed E-state index contributed by atoms with van der Waals surface area (Å²) in [7, 11) is 0. The third kappa shape index (κ3) is 4.03. The minimum absolute atomic E-state index is 0.460. The minimum Gasteiger partial charge on any atom is -0.381 e. The highest BCUT2D eigenvalue weighted by atomic mass is 19.4. The summed E-state index contributed by atoms with van der Waals surface area (Å²) in [6.45, 7) is 1.56. The molecule has 0 amide bonds. The van der Waals surface area contributed by atoms with E-state index in [2.05, 4.69) is 21.0 Å². The number of pyridine rings is 1. The molecule has 2 aromatic heterocycles. The van der Waals surface area contributed by atoms with Gasteiger partial charge in [-0.05, 0) is 60.2 Å². The molecule has 1 fully saturated rings. The van der Waals surface area contributed by atoms with Crippen molar-refractivity contribution in [1.29, 1.82) is 0 Å². The molecule has 3 heterocycles. The zero-order chi connectivity index (χ0) is 18.9. The molecule has 0 spiro atoms. The molecule has 1 saturated heterocycles. The van der Waals surface area contributed by atoms with Gasteiger partial charge in [-0.2, -0.15) is 13.2 Å². The fourth-order valence-corrected chi connectivity index (χ4v) is 3.18. The topological polar surface area (TPSA) is 50.8 Å². The van der Waals surface area contributed by atoms with Gasteiger partial charge >= 0.3 is 6.18 Å². The zero-order valence-electron chi connectivity index (χ0n) is 14.5. The molecule has 1 N–H and O–H groups in total. The van der Waals surface area contributed by atoms with Crippen molar-refractivity contribution in [3.8, 4) is 11.1 Å². The maximum absolute atomic E-state index is 12.9. The molecular formula is C20H18F3N3O. The number of halogens is 3. The Bertz CT molecular complexity index is 972. The maximum Gasteiger partial charge on any atom is 0.433 e. The van der Waals surface area contributed by atoms with Crippen molar-refractivity contribution in [2.45, 2.75) is 19.0 Å². The number of aromatic amines is 1. The fraction of sp³-hybridized carbons (Fsp3) is 0.300. The number of aromatic nitrogens is 3. The third-order valence-corrected chi connectivity index (χ3v) is 4.68. The molecule has 0 unspecified atom stereocenters. The molecule has 3 aromatic rings. The normalized spacial score (nSPS) is 16.4. The van der Waals surface area contributed by atoms with Crippen molar-refractivity contribution in [2.75, 3.05) is 13.2 Å². The summed E-state index contributed by atoms with van der Waals surface area (Å²) < 4.78 is 44.0. The number of hydrogen-bond donors (Lipinski definition) is 1. The summed E-state index contributed by atoms with van der Waals surface area (Å²) in [6, 6.07) is 8.01. The van der Waals surface area contributed by atoms with E-state index in [-0.39, 0.29) is 0 Å². The summed E-state index contributed by atoms with van der Waals surface area (Å²) in [6.07, 6.45) is 2.82. The quantitative estimate of drug-likeness (QED) is 0.696. The van der Waals surface area contributed by atoms with Crippen molar-refractivity contribution in [3.63, 3.8) is 0 Å². The van der Waals surface area contributed by atoms with Crippen molar-refractivity contribution < 1.29 is 17.9 Å². The van der Waals surface area contributed by atoms with E-state index >= 15 is 0 Å². The second kappa shape index (κ2) is 7.15. The molecule has 27 heavy (non-hydrogen) atoms. The van der Waals surface area contributed by atoms with Crippen molar-refractivity contribution in [3.05, 3.63) is 54.1 Å². The van der Waals surface area contributed by atoms with Crippen molar-refractivity contribution in [1.82, 2.24) is 15.0 Å². The first kappa shape index (κ1) is 17.7. The number of hydrogen-bond acceptors (Lipinski definition) is 3. The molecule has 0 bridgehead atoms. The van der Waals surface area contributed by atoms with E-state index in [1.165, 1.54) is 6.20 Å². The predicted molar refractivity (Wildman–Crippen MR) is 96.9 cm³/mol. The van der Waals surface area contributed by atoms with E-state index in [0.717, 1.165) is 43.5 Å². The van der Waals surface area contributed by atoms with E-state index in [0.29, 0.717) is 22.6 Å². The van der Waals surface area contributed by atoms with Crippen LogP contribution < -0.4 is 0 Å². The van der Waals surface area contributed by atoms with Crippen LogP contribution in [0.15, 0.2) is 42.6 Å². The van der Waals surface area contributed by atoms with Gasteiger partial charge in [0, 0.05) is 19.4 Å². The molecule has 4 rings (SSSR count). The van der Waals surface area contributed by atoms with Crippen LogP contribution in [-0.4, -0.2) is 28.2 Å². The molecule has 0 saturated carbocycles. The standard InChI is InChI=1S/C20H18F3N3O/c21-20(22,23)18-12-15(5-8-24-18)14-2-3-16-17(11-14)26-19(25-16)4-1-13-6-9-27-10-7-13/h1-5,8,11-13H,6-7,9-10H2,(H,25,26)/b4-1+. The van der Waals surface area contributed by atoms with E-state index in [9.17, 15) is 13.2 Å². The number of H-pyrrole nitrogens is 1. The highest BCUT2D eigenvalue weighted by molar-refractivity contribution is 5.83. The zero-order valence-corrected chi connectivity index (χ0v) is 14.5. The van der Waals surface area contributed by atoms with Gasteiger partial charge in [0.25, 0.3) is 0 Å². The van der Waals surface area contributed by atoms with Gasteiger partial charge in [0.1, 0.15) is 11.5 Å². The highest BCUT2D eigenvalue weighted by Crippen LogP contribution is 2.31. The minimum atomic E-state index is -4.46. The Hall–Kier alpha value is -2.67. The lowest BCUT2D eigenvalue weighted by Gasteiger charge is -2.18. The van der Waals surface area contributed by atoms with E-state index < -0.39 is 11.9 Å². The van der Waals surface area contributed by atoms with Crippen LogP contribution in [0.5, 0.6) is 0 Å². The number of alkyl halides is 3. The Morgan fingerprint density at radius 3 is 2.63 bits per heavy atom. The van der Waals surface area contributed by atoms with Crippen LogP contribution in [0.1, 0.15) is 24.4 Å². The van der Waals surface area contributed by atoms with E-state index in [1.54, 1.807) is 18.2 Å². The summed E-state index contributed by atoms with van der Waals surface area (Å²) in [5.74, 6) is 1.22. The number of fused-ring (bicyclic) bond motifs is 1. The lowest BCUT2D eigenvalue weighted by Crippen LogP contribution is -2.13. The van der Waals surface area contributed by atoms with Gasteiger partial charge in [-0.15, -0.1) is 0 Å². The number of benzene rings is 1. The van der Waals surface area contributed by atoms with Crippen LogP contribution >= 0.6 is 0 Å². The second-order valence-corrected chi connectivity index (χ2v) is 6.59. The molecule has 1 aliphatic rings. The first-order valence-electron chi connectivity index (χ1n) is 8.78. The lowest BCUT2D eigenvalue weighted by molar-refractivity contribution is -0.141. The van der Waals surface area contributed by atoms with Crippen molar-refractivity contribution in [2.24, 2.45) is 5.92 Å². The first-order chi connectivity index (χ1) is 13.0. The molecule has 4 nitrogen and oxygen atoms in total. The van der Waals surface area contributed by atoms with Crippen LogP contribution in [0.3, 0.4) is 0 Å². The fourth-order valence-electron chi connectivity index (χ4n) is 3.18. The van der Waals surface area contributed by atoms with E-state index in [4.69, 9.17) is 4.74 Å². The van der Waals surface area contributed by atoms with Gasteiger partial charge < -0.3 is 9.72 Å². The van der Waals surface area contributed by atoms with Crippen LogP contribution in [-0.2, 0) is 10.9 Å². The smallest absolute Gasteiger partial charge is 0.381 e. The number of nitrogens with zero attached hydrogens (tertiary/aromatic N) is 2. The third-order valence-electron chi connectivity index (χ3n) is 4.68. The molecule has 0 atom stereocenters. The van der Waals surface area contributed by atoms with Gasteiger partial charge in [0.05, 0.1) is 11.0 Å². The maximum atomic E-state index is 12.9. The summed E-state index contributed by atoms with van der Waals surface area (Å²) in [4.78, 5) is 11.2.